The van der Waals surface area contributed by atoms with E-state index in [-0.39, 0.29) is 29.1 Å². The zero-order valence-corrected chi connectivity index (χ0v) is 20.4. The second kappa shape index (κ2) is 9.81. The van der Waals surface area contributed by atoms with Crippen LogP contribution in [0.2, 0.25) is 5.02 Å². The molecule has 2 aromatic rings. The van der Waals surface area contributed by atoms with Gasteiger partial charge in [-0.05, 0) is 25.3 Å². The first-order valence-electron chi connectivity index (χ1n) is 10.7. The Bertz CT molecular complexity index is 1170. The number of nitrogens with one attached hydrogen (secondary N) is 1. The molecule has 1 aromatic heterocycles. The number of thiazole rings is 1. The first kappa shape index (κ1) is 24.3. The van der Waals surface area contributed by atoms with E-state index in [0.29, 0.717) is 28.5 Å². The van der Waals surface area contributed by atoms with E-state index in [9.17, 15) is 19.1 Å². The van der Waals surface area contributed by atoms with Crippen molar-refractivity contribution in [2.45, 2.75) is 38.4 Å². The summed E-state index contributed by atoms with van der Waals surface area (Å²) in [7, 11) is 1.25. The Hall–Kier alpha value is -2.82. The van der Waals surface area contributed by atoms with Crippen molar-refractivity contribution in [3.05, 3.63) is 62.5 Å². The van der Waals surface area contributed by atoms with E-state index in [1.54, 1.807) is 17.6 Å². The monoisotopic (exact) mass is 506 g/mol. The van der Waals surface area contributed by atoms with Crippen LogP contribution in [0.3, 0.4) is 0 Å². The molecule has 0 aliphatic carbocycles. The van der Waals surface area contributed by atoms with Crippen molar-refractivity contribution in [3.63, 3.8) is 0 Å². The van der Waals surface area contributed by atoms with E-state index in [1.807, 2.05) is 18.7 Å². The highest BCUT2D eigenvalue weighted by atomic mass is 35.5. The number of aliphatic carboxylic acids is 1. The van der Waals surface area contributed by atoms with Gasteiger partial charge in [-0.15, -0.1) is 11.3 Å². The molecule has 11 heteroatoms. The number of likely N-dealkylation sites (tertiary alicyclic amines) is 1. The molecule has 4 rings (SSSR count). The number of aromatic nitrogens is 1. The lowest BCUT2D eigenvalue weighted by Crippen LogP contribution is -2.45. The van der Waals surface area contributed by atoms with Crippen molar-refractivity contribution in [1.82, 2.24) is 15.2 Å². The minimum Gasteiger partial charge on any atom is -0.480 e. The zero-order valence-electron chi connectivity index (χ0n) is 18.8. The smallest absolute Gasteiger partial charge is 0.338 e. The minimum absolute atomic E-state index is 0.0484. The lowest BCUT2D eigenvalue weighted by atomic mass is 9.95. The average molecular weight is 507 g/mol. The van der Waals surface area contributed by atoms with Crippen molar-refractivity contribution >= 4 is 40.7 Å². The van der Waals surface area contributed by atoms with Crippen LogP contribution in [0.5, 0.6) is 0 Å². The van der Waals surface area contributed by atoms with Gasteiger partial charge in [0.2, 0.25) is 0 Å². The van der Waals surface area contributed by atoms with Gasteiger partial charge in [0.25, 0.3) is 0 Å². The standard InChI is InChI=1S/C23H24ClFN4O4S/c1-11-9-16(22(30)31)29(12(11)2)10-15-17(23(32)33-3)19(13-5-4-6-14(25)18(13)24)28-20(27-15)21-26-7-8-34-21/h4-8,11-12,16,19H,9-10H2,1-3H3,(H,27,28)(H,30,31)/t11-,12-,16+,19+/m1/s1. The Balaban J connectivity index is 1.86. The summed E-state index contributed by atoms with van der Waals surface area (Å²) < 4.78 is 19.4. The third-order valence-electron chi connectivity index (χ3n) is 6.41. The molecule has 0 unspecified atom stereocenters. The molecule has 1 saturated heterocycles. The fourth-order valence-electron chi connectivity index (χ4n) is 4.45. The van der Waals surface area contributed by atoms with Gasteiger partial charge < -0.3 is 15.2 Å². The van der Waals surface area contributed by atoms with Crippen LogP contribution in [-0.4, -0.2) is 58.5 Å². The van der Waals surface area contributed by atoms with Gasteiger partial charge in [0.15, 0.2) is 10.8 Å². The number of halogens is 2. The number of carbonyl (C=O) groups excluding carboxylic acids is 1. The lowest BCUT2D eigenvalue weighted by Gasteiger charge is -2.32. The summed E-state index contributed by atoms with van der Waals surface area (Å²) in [6.45, 7) is 4.09. The molecule has 1 aromatic carbocycles. The molecule has 34 heavy (non-hydrogen) atoms. The first-order chi connectivity index (χ1) is 16.2. The number of esters is 1. The molecule has 4 atom stereocenters. The molecule has 0 spiro atoms. The highest BCUT2D eigenvalue weighted by molar-refractivity contribution is 7.11. The van der Waals surface area contributed by atoms with Gasteiger partial charge >= 0.3 is 11.9 Å². The van der Waals surface area contributed by atoms with E-state index in [4.69, 9.17) is 16.3 Å². The molecule has 0 amide bonds. The summed E-state index contributed by atoms with van der Waals surface area (Å²) in [5, 5.41) is 15.2. The van der Waals surface area contributed by atoms with E-state index in [2.05, 4.69) is 15.3 Å². The van der Waals surface area contributed by atoms with Gasteiger partial charge in [0.05, 0.1) is 17.7 Å². The maximum atomic E-state index is 14.4. The maximum Gasteiger partial charge on any atom is 0.338 e. The second-order valence-corrected chi connectivity index (χ2v) is 9.62. The summed E-state index contributed by atoms with van der Waals surface area (Å²) in [4.78, 5) is 35.8. The SMILES string of the molecule is COC(=O)C1=C(CN2[C@H](C)[C@H](C)C[C@H]2C(=O)O)NC(c2nccs2)=N[C@H]1c1cccc(F)c1Cl. The number of ether oxygens (including phenoxy) is 1. The highest BCUT2D eigenvalue weighted by Gasteiger charge is 2.42. The average Bonchev–Trinajstić information content (AvgIpc) is 3.45. The number of benzene rings is 1. The number of carboxylic acid groups (broad SMARTS) is 1. The highest BCUT2D eigenvalue weighted by Crippen LogP contribution is 2.38. The minimum atomic E-state index is -0.968. The first-order valence-corrected chi connectivity index (χ1v) is 12.0. The number of hydrogen-bond donors (Lipinski definition) is 2. The summed E-state index contributed by atoms with van der Waals surface area (Å²) in [6, 6.07) is 2.60. The molecule has 0 radical (unpaired) electrons. The van der Waals surface area contributed by atoms with Crippen LogP contribution in [0.4, 0.5) is 4.39 Å². The summed E-state index contributed by atoms with van der Waals surface area (Å²) >= 11 is 7.64. The topological polar surface area (TPSA) is 104 Å². The quantitative estimate of drug-likeness (QED) is 0.576. The van der Waals surface area contributed by atoms with Crippen LogP contribution in [-0.2, 0) is 14.3 Å². The number of nitrogens with zero attached hydrogens (tertiary/aromatic N) is 3. The van der Waals surface area contributed by atoms with E-state index in [1.165, 1.54) is 30.6 Å². The van der Waals surface area contributed by atoms with E-state index >= 15 is 0 Å². The van der Waals surface area contributed by atoms with E-state index in [0.717, 1.165) is 0 Å². The van der Waals surface area contributed by atoms with Crippen LogP contribution in [0, 0.1) is 11.7 Å². The third kappa shape index (κ3) is 4.45. The van der Waals surface area contributed by atoms with Crippen molar-refractivity contribution < 1.29 is 23.8 Å². The molecule has 2 aliphatic heterocycles. The van der Waals surface area contributed by atoms with Gasteiger partial charge in [-0.2, -0.15) is 0 Å². The van der Waals surface area contributed by atoms with Crippen LogP contribution in [0.25, 0.3) is 0 Å². The molecular weight excluding hydrogens is 483 g/mol. The number of carbonyl (C=O) groups is 2. The fourth-order valence-corrected chi connectivity index (χ4v) is 5.27. The lowest BCUT2D eigenvalue weighted by molar-refractivity contribution is -0.142. The summed E-state index contributed by atoms with van der Waals surface area (Å²) in [5.41, 5.74) is 0.864. The van der Waals surface area contributed by atoms with Crippen LogP contribution >= 0.6 is 22.9 Å². The molecule has 2 aliphatic rings. The van der Waals surface area contributed by atoms with Crippen molar-refractivity contribution in [3.8, 4) is 0 Å². The second-order valence-electron chi connectivity index (χ2n) is 8.35. The Morgan fingerprint density at radius 3 is 2.79 bits per heavy atom. The number of hydrogen-bond acceptors (Lipinski definition) is 8. The zero-order chi connectivity index (χ0) is 24.6. The van der Waals surface area contributed by atoms with Crippen molar-refractivity contribution in [2.24, 2.45) is 10.9 Å². The Labute approximate surface area is 205 Å². The molecule has 1 fully saturated rings. The van der Waals surface area contributed by atoms with Gasteiger partial charge in [-0.25, -0.2) is 14.2 Å². The molecular formula is C23H24ClFN4O4S. The molecule has 0 saturated carbocycles. The van der Waals surface area contributed by atoms with E-state index < -0.39 is 29.8 Å². The number of carboxylic acids is 1. The summed E-state index contributed by atoms with van der Waals surface area (Å²) in [6.07, 6.45) is 2.11. The number of methoxy groups -OCH3 is 1. The predicted molar refractivity (Wildman–Crippen MR) is 126 cm³/mol. The van der Waals surface area contributed by atoms with Gasteiger partial charge in [0.1, 0.15) is 17.9 Å². The van der Waals surface area contributed by atoms with Crippen molar-refractivity contribution in [1.29, 1.82) is 0 Å². The Morgan fingerprint density at radius 2 is 2.15 bits per heavy atom. The number of aliphatic imine (C=N–C) groups is 1. The Kier molecular flexibility index (Phi) is 7.01. The Morgan fingerprint density at radius 1 is 1.38 bits per heavy atom. The molecule has 8 nitrogen and oxygen atoms in total. The fraction of sp³-hybridized carbons (Fsp3) is 0.391. The normalized spacial score (nSPS) is 25.1. The van der Waals surface area contributed by atoms with Gasteiger partial charge in [-0.3, -0.25) is 14.7 Å². The number of rotatable bonds is 6. The largest absolute Gasteiger partial charge is 0.480 e. The molecule has 0 bridgehead atoms. The van der Waals surface area contributed by atoms with Crippen LogP contribution < -0.4 is 5.32 Å². The van der Waals surface area contributed by atoms with Gasteiger partial charge in [-0.1, -0.05) is 30.7 Å². The maximum absolute atomic E-state index is 14.4. The third-order valence-corrected chi connectivity index (χ3v) is 7.59. The summed E-state index contributed by atoms with van der Waals surface area (Å²) in [5.74, 6) is -1.70. The predicted octanol–water partition coefficient (Wildman–Crippen LogP) is 3.64. The van der Waals surface area contributed by atoms with Crippen molar-refractivity contribution in [2.75, 3.05) is 13.7 Å². The van der Waals surface area contributed by atoms with Gasteiger partial charge in [0, 0.05) is 35.4 Å². The van der Waals surface area contributed by atoms with Crippen LogP contribution in [0.15, 0.2) is 46.0 Å². The van der Waals surface area contributed by atoms with Crippen LogP contribution in [0.1, 0.15) is 36.9 Å². The molecule has 3 heterocycles. The number of amidine groups is 1. The molecule has 180 valence electrons. The molecule has 2 N–H and O–H groups in total.